The minimum atomic E-state index is -0.115. The predicted molar refractivity (Wildman–Crippen MR) is 85.6 cm³/mol. The summed E-state index contributed by atoms with van der Waals surface area (Å²) in [6.07, 6.45) is 0. The van der Waals surface area contributed by atoms with Gasteiger partial charge >= 0.3 is 0 Å². The number of ether oxygens (including phenoxy) is 1. The maximum absolute atomic E-state index is 12.7. The van der Waals surface area contributed by atoms with Crippen LogP contribution in [0.4, 0.5) is 5.69 Å². The van der Waals surface area contributed by atoms with Crippen molar-refractivity contribution in [2.75, 3.05) is 25.2 Å². The number of aromatic nitrogens is 2. The van der Waals surface area contributed by atoms with Gasteiger partial charge in [0.05, 0.1) is 24.5 Å². The highest BCUT2D eigenvalue weighted by Gasteiger charge is 2.16. The Hall–Kier alpha value is -2.54. The number of benzene rings is 1. The van der Waals surface area contributed by atoms with E-state index in [4.69, 9.17) is 4.74 Å². The van der Waals surface area contributed by atoms with Gasteiger partial charge in [-0.25, -0.2) is 4.68 Å². The van der Waals surface area contributed by atoms with E-state index in [0.29, 0.717) is 31.3 Å². The lowest BCUT2D eigenvalue weighted by Crippen LogP contribution is -2.37. The molecule has 0 amide bonds. The molecule has 22 heavy (non-hydrogen) atoms. The highest BCUT2D eigenvalue weighted by Crippen LogP contribution is 2.13. The molecule has 7 nitrogen and oxygen atoms in total. The molecule has 0 atom stereocenters. The molecule has 0 spiro atoms. The van der Waals surface area contributed by atoms with Crippen LogP contribution in [0.1, 0.15) is 5.69 Å². The van der Waals surface area contributed by atoms with Crippen molar-refractivity contribution in [1.29, 1.82) is 0 Å². The van der Waals surface area contributed by atoms with E-state index < -0.39 is 0 Å². The lowest BCUT2D eigenvalue weighted by atomic mass is 10.3. The Kier molecular flexibility index (Phi) is 3.97. The van der Waals surface area contributed by atoms with Gasteiger partial charge in [0.15, 0.2) is 0 Å². The Bertz CT molecular complexity index is 745. The minimum absolute atomic E-state index is 0.115. The predicted octanol–water partition coefficient (Wildman–Crippen LogP) is 0.830. The Morgan fingerprint density at radius 1 is 1.23 bits per heavy atom. The molecule has 2 N–H and O–H groups in total. The Morgan fingerprint density at radius 2 is 2.00 bits per heavy atom. The summed E-state index contributed by atoms with van der Waals surface area (Å²) >= 11 is 0. The summed E-state index contributed by atoms with van der Waals surface area (Å²) in [5.41, 5.74) is 7.97. The highest BCUT2D eigenvalue weighted by atomic mass is 16.5. The number of para-hydroxylation sites is 1. The molecule has 0 aliphatic carbocycles. The lowest BCUT2D eigenvalue weighted by Gasteiger charge is -2.15. The monoisotopic (exact) mass is 301 g/mol. The van der Waals surface area contributed by atoms with Crippen LogP contribution >= 0.6 is 0 Å². The van der Waals surface area contributed by atoms with Crippen molar-refractivity contribution in [2.24, 2.45) is 12.0 Å². The summed E-state index contributed by atoms with van der Waals surface area (Å²) < 4.78 is 8.75. The van der Waals surface area contributed by atoms with Crippen LogP contribution < -0.4 is 16.4 Å². The Labute approximate surface area is 128 Å². The van der Waals surface area contributed by atoms with Crippen LogP contribution in [0.25, 0.3) is 5.69 Å². The lowest BCUT2D eigenvalue weighted by molar-refractivity contribution is 0.168. The van der Waals surface area contributed by atoms with Crippen LogP contribution in [0.15, 0.2) is 40.1 Å². The molecule has 1 aromatic heterocycles. The van der Waals surface area contributed by atoms with Gasteiger partial charge in [0.1, 0.15) is 18.1 Å². The van der Waals surface area contributed by atoms with Crippen LogP contribution in [0, 0.1) is 6.92 Å². The normalized spacial score (nSPS) is 14.5. The number of aliphatic imine (C=N–C) groups is 1. The van der Waals surface area contributed by atoms with E-state index in [9.17, 15) is 4.79 Å². The number of nitrogens with zero attached hydrogens (tertiary/aromatic N) is 3. The molecule has 1 aliphatic rings. The summed E-state index contributed by atoms with van der Waals surface area (Å²) in [5.74, 6) is 0.695. The van der Waals surface area contributed by atoms with Crippen molar-refractivity contribution in [3.8, 4) is 5.69 Å². The van der Waals surface area contributed by atoms with E-state index in [0.717, 1.165) is 11.4 Å². The van der Waals surface area contributed by atoms with Crippen LogP contribution in [0.2, 0.25) is 0 Å². The average Bonchev–Trinajstić information content (AvgIpc) is 2.77. The molecule has 0 radical (unpaired) electrons. The van der Waals surface area contributed by atoms with Crippen molar-refractivity contribution in [2.45, 2.75) is 6.92 Å². The SMILES string of the molecule is Cc1c(NNC2=NCCOC2)c(=O)n(-c2ccccc2)n1C. The zero-order valence-electron chi connectivity index (χ0n) is 12.7. The zero-order chi connectivity index (χ0) is 15.5. The molecule has 0 saturated carbocycles. The topological polar surface area (TPSA) is 72.6 Å². The highest BCUT2D eigenvalue weighted by molar-refractivity contribution is 5.85. The van der Waals surface area contributed by atoms with Gasteiger partial charge in [0.25, 0.3) is 5.56 Å². The molecular formula is C15H19N5O2. The van der Waals surface area contributed by atoms with E-state index in [2.05, 4.69) is 15.8 Å². The van der Waals surface area contributed by atoms with Gasteiger partial charge < -0.3 is 4.74 Å². The fourth-order valence-corrected chi connectivity index (χ4v) is 2.38. The van der Waals surface area contributed by atoms with Crippen LogP contribution in [0.5, 0.6) is 0 Å². The van der Waals surface area contributed by atoms with Crippen LogP contribution in [-0.4, -0.2) is 35.0 Å². The van der Waals surface area contributed by atoms with Gasteiger partial charge in [-0.2, -0.15) is 0 Å². The molecule has 2 heterocycles. The maximum atomic E-state index is 12.7. The van der Waals surface area contributed by atoms with Gasteiger partial charge in [-0.1, -0.05) is 18.2 Å². The standard InChI is InChI=1S/C15H19N5O2/c1-11-14(18-17-13-10-22-9-8-16-13)15(21)20(19(11)2)12-6-4-3-5-7-12/h3-7,18H,8-10H2,1-2H3,(H,16,17). The molecule has 1 aromatic carbocycles. The molecular weight excluding hydrogens is 282 g/mol. The van der Waals surface area contributed by atoms with Gasteiger partial charge in [-0.05, 0) is 19.1 Å². The third-order valence-electron chi connectivity index (χ3n) is 3.66. The minimum Gasteiger partial charge on any atom is -0.372 e. The van der Waals surface area contributed by atoms with E-state index >= 15 is 0 Å². The van der Waals surface area contributed by atoms with E-state index in [1.54, 1.807) is 4.68 Å². The van der Waals surface area contributed by atoms with Crippen LogP contribution in [-0.2, 0) is 11.8 Å². The molecule has 7 heteroatoms. The molecule has 1 aliphatic heterocycles. The quantitative estimate of drug-likeness (QED) is 0.824. The van der Waals surface area contributed by atoms with Crippen molar-refractivity contribution in [3.63, 3.8) is 0 Å². The summed E-state index contributed by atoms with van der Waals surface area (Å²) in [7, 11) is 1.86. The molecule has 0 bridgehead atoms. The first-order chi connectivity index (χ1) is 10.7. The van der Waals surface area contributed by atoms with Gasteiger partial charge in [0.2, 0.25) is 0 Å². The first kappa shape index (κ1) is 14.4. The Balaban J connectivity index is 1.89. The molecule has 0 unspecified atom stereocenters. The van der Waals surface area contributed by atoms with Crippen LogP contribution in [0.3, 0.4) is 0 Å². The number of hydrogen-bond donors (Lipinski definition) is 2. The second-order valence-electron chi connectivity index (χ2n) is 5.07. The first-order valence-corrected chi connectivity index (χ1v) is 7.15. The summed E-state index contributed by atoms with van der Waals surface area (Å²) in [6.45, 7) is 3.58. The number of rotatable bonds is 3. The fourth-order valence-electron chi connectivity index (χ4n) is 2.38. The first-order valence-electron chi connectivity index (χ1n) is 7.15. The average molecular weight is 301 g/mol. The number of nitrogens with one attached hydrogen (secondary N) is 2. The molecule has 3 rings (SSSR count). The largest absolute Gasteiger partial charge is 0.372 e. The third-order valence-corrected chi connectivity index (χ3v) is 3.66. The van der Waals surface area contributed by atoms with E-state index in [1.165, 1.54) is 0 Å². The summed E-state index contributed by atoms with van der Waals surface area (Å²) in [4.78, 5) is 16.9. The maximum Gasteiger partial charge on any atom is 0.296 e. The third kappa shape index (κ3) is 2.62. The van der Waals surface area contributed by atoms with Gasteiger partial charge in [-0.15, -0.1) is 0 Å². The van der Waals surface area contributed by atoms with Crippen molar-refractivity contribution < 1.29 is 4.74 Å². The van der Waals surface area contributed by atoms with E-state index in [-0.39, 0.29) is 5.56 Å². The molecule has 0 fully saturated rings. The van der Waals surface area contributed by atoms with Crippen molar-refractivity contribution >= 4 is 11.5 Å². The molecule has 0 saturated heterocycles. The fraction of sp³-hybridized carbons (Fsp3) is 0.333. The Morgan fingerprint density at radius 3 is 2.68 bits per heavy atom. The van der Waals surface area contributed by atoms with Gasteiger partial charge in [-0.3, -0.25) is 25.3 Å². The zero-order valence-corrected chi connectivity index (χ0v) is 12.7. The van der Waals surface area contributed by atoms with E-state index in [1.807, 2.05) is 49.0 Å². The number of hydrogen-bond acceptors (Lipinski definition) is 5. The number of anilines is 1. The molecule has 116 valence electrons. The second-order valence-corrected chi connectivity index (χ2v) is 5.07. The summed E-state index contributed by atoms with van der Waals surface area (Å²) in [5, 5.41) is 0. The molecule has 2 aromatic rings. The number of amidine groups is 1. The van der Waals surface area contributed by atoms with Gasteiger partial charge in [0, 0.05) is 7.05 Å². The smallest absolute Gasteiger partial charge is 0.296 e. The summed E-state index contributed by atoms with van der Waals surface area (Å²) in [6, 6.07) is 9.54. The van der Waals surface area contributed by atoms with Crippen molar-refractivity contribution in [3.05, 3.63) is 46.4 Å². The number of hydrazine groups is 1. The second kappa shape index (κ2) is 6.07. The van der Waals surface area contributed by atoms with Crippen molar-refractivity contribution in [1.82, 2.24) is 14.8 Å².